The molecule has 0 aliphatic heterocycles. The van der Waals surface area contributed by atoms with E-state index in [1.165, 1.54) is 0 Å². The quantitative estimate of drug-likeness (QED) is 0.462. The molecule has 0 atom stereocenters. The molecule has 0 saturated heterocycles. The number of hydrogen-bond donors (Lipinski definition) is 0. The van der Waals surface area contributed by atoms with E-state index in [4.69, 9.17) is 4.74 Å². The van der Waals surface area contributed by atoms with Gasteiger partial charge in [-0.15, -0.1) is 0 Å². The molecule has 29 heavy (non-hydrogen) atoms. The van der Waals surface area contributed by atoms with E-state index in [1.807, 2.05) is 31.2 Å². The number of ether oxygens (including phenoxy) is 1. The fraction of sp³-hybridized carbons (Fsp3) is 0.227. The first-order valence-electron chi connectivity index (χ1n) is 9.01. The molecule has 0 spiro atoms. The third-order valence-electron chi connectivity index (χ3n) is 4.61. The fourth-order valence-corrected chi connectivity index (χ4v) is 2.97. The average molecular weight is 398 g/mol. The molecule has 1 aromatic heterocycles. The molecule has 0 amide bonds. The number of ketones is 1. The van der Waals surface area contributed by atoms with Gasteiger partial charge in [0.25, 0.3) is 0 Å². The van der Waals surface area contributed by atoms with E-state index >= 15 is 0 Å². The summed E-state index contributed by atoms with van der Waals surface area (Å²) < 4.78 is 33.1. The minimum atomic E-state index is -1.13. The molecule has 0 unspecified atom stereocenters. The zero-order chi connectivity index (χ0) is 21.1. The molecule has 150 valence electrons. The number of aromatic nitrogens is 2. The first-order chi connectivity index (χ1) is 13.8. The van der Waals surface area contributed by atoms with Crippen molar-refractivity contribution in [3.05, 3.63) is 87.7 Å². The van der Waals surface area contributed by atoms with Gasteiger partial charge in [0.2, 0.25) is 0 Å². The van der Waals surface area contributed by atoms with Gasteiger partial charge in [0, 0.05) is 5.56 Å². The number of esters is 1. The van der Waals surface area contributed by atoms with Crippen LogP contribution in [-0.2, 0) is 11.3 Å². The van der Waals surface area contributed by atoms with Gasteiger partial charge in [0.15, 0.2) is 24.0 Å². The van der Waals surface area contributed by atoms with Gasteiger partial charge in [-0.25, -0.2) is 13.6 Å². The molecule has 0 aliphatic carbocycles. The molecule has 2 aromatic carbocycles. The summed E-state index contributed by atoms with van der Waals surface area (Å²) in [5.41, 5.74) is 3.51. The first kappa shape index (κ1) is 20.4. The second-order valence-corrected chi connectivity index (χ2v) is 6.82. The number of carbonyl (C=O) groups excluding carboxylic acids is 2. The van der Waals surface area contributed by atoms with E-state index in [1.54, 1.807) is 18.5 Å². The second-order valence-electron chi connectivity index (χ2n) is 6.82. The number of nitrogens with zero attached hydrogens (tertiary/aromatic N) is 2. The van der Waals surface area contributed by atoms with Gasteiger partial charge in [-0.2, -0.15) is 5.10 Å². The number of benzene rings is 2. The summed E-state index contributed by atoms with van der Waals surface area (Å²) in [5, 5.41) is 4.40. The highest BCUT2D eigenvalue weighted by Gasteiger charge is 2.21. The van der Waals surface area contributed by atoms with Crippen LogP contribution in [-0.4, -0.2) is 28.1 Å². The Kier molecular flexibility index (Phi) is 5.87. The van der Waals surface area contributed by atoms with Gasteiger partial charge >= 0.3 is 5.97 Å². The Morgan fingerprint density at radius 1 is 1.00 bits per heavy atom. The Balaban J connectivity index is 1.70. The molecule has 0 radical (unpaired) electrons. The number of aryl methyl sites for hydroxylation is 2. The summed E-state index contributed by atoms with van der Waals surface area (Å²) in [6.07, 6.45) is 0. The number of halogens is 2. The van der Waals surface area contributed by atoms with E-state index in [0.29, 0.717) is 17.9 Å². The van der Waals surface area contributed by atoms with Gasteiger partial charge in [0.1, 0.15) is 5.56 Å². The lowest BCUT2D eigenvalue weighted by Crippen LogP contribution is -2.16. The van der Waals surface area contributed by atoms with Crippen molar-refractivity contribution in [3.63, 3.8) is 0 Å². The molecule has 0 bridgehead atoms. The van der Waals surface area contributed by atoms with Crippen LogP contribution in [0.4, 0.5) is 8.78 Å². The summed E-state index contributed by atoms with van der Waals surface area (Å²) in [6.45, 7) is 5.36. The largest absolute Gasteiger partial charge is 0.454 e. The van der Waals surface area contributed by atoms with Crippen LogP contribution < -0.4 is 0 Å². The van der Waals surface area contributed by atoms with Crippen molar-refractivity contribution >= 4 is 11.8 Å². The molecule has 1 heterocycles. The topological polar surface area (TPSA) is 61.2 Å². The van der Waals surface area contributed by atoms with Crippen molar-refractivity contribution in [1.82, 2.24) is 9.78 Å². The molecule has 0 aliphatic rings. The lowest BCUT2D eigenvalue weighted by atomic mass is 10.1. The Hall–Kier alpha value is -3.35. The smallest absolute Gasteiger partial charge is 0.342 e. The molecule has 5 nitrogen and oxygen atoms in total. The molecule has 0 N–H and O–H groups in total. The van der Waals surface area contributed by atoms with Gasteiger partial charge in [-0.3, -0.25) is 9.48 Å². The summed E-state index contributed by atoms with van der Waals surface area (Å²) in [7, 11) is 0. The van der Waals surface area contributed by atoms with Crippen molar-refractivity contribution in [3.8, 4) is 0 Å². The van der Waals surface area contributed by atoms with Crippen LogP contribution in [0.5, 0.6) is 0 Å². The zero-order valence-electron chi connectivity index (χ0n) is 16.3. The third-order valence-corrected chi connectivity index (χ3v) is 4.61. The average Bonchev–Trinajstić information content (AvgIpc) is 2.96. The fourth-order valence-electron chi connectivity index (χ4n) is 2.97. The van der Waals surface area contributed by atoms with Crippen molar-refractivity contribution in [2.24, 2.45) is 0 Å². The monoisotopic (exact) mass is 398 g/mol. The van der Waals surface area contributed by atoms with E-state index in [2.05, 4.69) is 5.10 Å². The summed E-state index contributed by atoms with van der Waals surface area (Å²) in [5.74, 6) is -3.50. The molecule has 0 saturated carbocycles. The Labute approximate surface area is 166 Å². The maximum atomic E-state index is 13.3. The van der Waals surface area contributed by atoms with Crippen LogP contribution in [0.1, 0.15) is 43.2 Å². The van der Waals surface area contributed by atoms with Gasteiger partial charge in [-0.05, 0) is 44.5 Å². The normalized spacial score (nSPS) is 10.8. The third kappa shape index (κ3) is 4.56. The highest BCUT2D eigenvalue weighted by molar-refractivity contribution is 5.99. The molecule has 7 heteroatoms. The maximum Gasteiger partial charge on any atom is 0.342 e. The van der Waals surface area contributed by atoms with Crippen molar-refractivity contribution in [2.75, 3.05) is 6.61 Å². The van der Waals surface area contributed by atoms with Crippen LogP contribution >= 0.6 is 0 Å². The van der Waals surface area contributed by atoms with Gasteiger partial charge in [0.05, 0.1) is 17.9 Å². The lowest BCUT2D eigenvalue weighted by Gasteiger charge is -2.07. The van der Waals surface area contributed by atoms with Crippen LogP contribution in [0, 0.1) is 32.4 Å². The summed E-state index contributed by atoms with van der Waals surface area (Å²) in [4.78, 5) is 24.6. The van der Waals surface area contributed by atoms with Gasteiger partial charge < -0.3 is 4.74 Å². The van der Waals surface area contributed by atoms with Crippen LogP contribution in [0.3, 0.4) is 0 Å². The van der Waals surface area contributed by atoms with Crippen molar-refractivity contribution < 1.29 is 23.1 Å². The van der Waals surface area contributed by atoms with Crippen LogP contribution in [0.15, 0.2) is 42.5 Å². The Morgan fingerprint density at radius 2 is 1.69 bits per heavy atom. The van der Waals surface area contributed by atoms with E-state index < -0.39 is 30.0 Å². The second kappa shape index (κ2) is 8.34. The first-order valence-corrected chi connectivity index (χ1v) is 9.01. The number of Topliss-reactive ketones (excluding diaryl/α,β-unsaturated/α-hetero) is 1. The molecule has 0 fully saturated rings. The lowest BCUT2D eigenvalue weighted by molar-refractivity contribution is 0.0473. The number of carbonyl (C=O) groups is 2. The molecular formula is C22H20F2N2O3. The predicted octanol–water partition coefficient (Wildman–Crippen LogP) is 4.17. The zero-order valence-corrected chi connectivity index (χ0v) is 16.3. The van der Waals surface area contributed by atoms with Crippen LogP contribution in [0.25, 0.3) is 0 Å². The number of rotatable bonds is 6. The summed E-state index contributed by atoms with van der Waals surface area (Å²) in [6, 6.07) is 10.8. The van der Waals surface area contributed by atoms with Crippen LogP contribution in [0.2, 0.25) is 0 Å². The minimum absolute atomic E-state index is 0.0692. The highest BCUT2D eigenvalue weighted by atomic mass is 19.2. The van der Waals surface area contributed by atoms with Crippen molar-refractivity contribution in [2.45, 2.75) is 27.3 Å². The number of hydrogen-bond acceptors (Lipinski definition) is 4. The summed E-state index contributed by atoms with van der Waals surface area (Å²) >= 11 is 0. The standard InChI is InChI=1S/C22H20F2N2O3/c1-13-4-6-16(7-5-13)11-26-15(3)21(14(2)25-26)22(28)29-12-20(27)17-8-9-18(23)19(24)10-17/h4-10H,11-12H2,1-3H3. The maximum absolute atomic E-state index is 13.3. The molecule has 3 aromatic rings. The highest BCUT2D eigenvalue weighted by Crippen LogP contribution is 2.17. The Bertz CT molecular complexity index is 1070. The van der Waals surface area contributed by atoms with E-state index in [-0.39, 0.29) is 11.1 Å². The van der Waals surface area contributed by atoms with Gasteiger partial charge in [-0.1, -0.05) is 29.8 Å². The molecule has 3 rings (SSSR count). The molecular weight excluding hydrogens is 378 g/mol. The van der Waals surface area contributed by atoms with E-state index in [0.717, 1.165) is 29.3 Å². The predicted molar refractivity (Wildman–Crippen MR) is 103 cm³/mol. The SMILES string of the molecule is Cc1ccc(Cn2nc(C)c(C(=O)OCC(=O)c3ccc(F)c(F)c3)c2C)cc1. The van der Waals surface area contributed by atoms with Crippen molar-refractivity contribution in [1.29, 1.82) is 0 Å². The minimum Gasteiger partial charge on any atom is -0.454 e. The Morgan fingerprint density at radius 3 is 2.34 bits per heavy atom. The van der Waals surface area contributed by atoms with E-state index in [9.17, 15) is 18.4 Å².